The van der Waals surface area contributed by atoms with Gasteiger partial charge in [0.05, 0.1) is 9.82 Å². The molecule has 0 spiro atoms. The summed E-state index contributed by atoms with van der Waals surface area (Å²) in [6.07, 6.45) is 3.21. The molecular weight excluding hydrogens is 318 g/mol. The fourth-order valence-electron chi connectivity index (χ4n) is 3.06. The lowest BCUT2D eigenvalue weighted by molar-refractivity contribution is -0.384. The number of benzene rings is 1. The molecule has 1 aliphatic carbocycles. The van der Waals surface area contributed by atoms with Crippen molar-refractivity contribution in [1.29, 1.82) is 0 Å². The van der Waals surface area contributed by atoms with Gasteiger partial charge in [-0.05, 0) is 37.4 Å². The minimum Gasteiger partial charge on any atom is -0.376 e. The van der Waals surface area contributed by atoms with Crippen LogP contribution in [0.15, 0.2) is 23.1 Å². The maximum absolute atomic E-state index is 11.8. The van der Waals surface area contributed by atoms with Gasteiger partial charge in [-0.3, -0.25) is 10.1 Å². The average Bonchev–Trinajstić information content (AvgIpc) is 2.51. The first-order valence-electron chi connectivity index (χ1n) is 7.74. The maximum Gasteiger partial charge on any atom is 0.293 e. The monoisotopic (exact) mass is 341 g/mol. The number of rotatable bonds is 5. The molecule has 1 aliphatic rings. The van der Waals surface area contributed by atoms with Crippen LogP contribution >= 0.6 is 0 Å². The quantitative estimate of drug-likeness (QED) is 0.633. The number of hydrogen-bond acceptors (Lipinski definition) is 5. The first-order valence-corrected chi connectivity index (χ1v) is 9.23. The summed E-state index contributed by atoms with van der Waals surface area (Å²) in [6.45, 7) is 4.34. The number of nitrogens with one attached hydrogen (secondary N) is 2. The normalized spacial score (nSPS) is 25.1. The number of nitro groups is 1. The molecule has 128 valence electrons. The van der Waals surface area contributed by atoms with E-state index in [9.17, 15) is 18.5 Å². The number of anilines is 1. The van der Waals surface area contributed by atoms with Gasteiger partial charge in [-0.1, -0.05) is 26.7 Å². The second kappa shape index (κ2) is 6.84. The molecule has 3 atom stereocenters. The first-order chi connectivity index (χ1) is 10.8. The van der Waals surface area contributed by atoms with Crippen LogP contribution in [-0.4, -0.2) is 26.4 Å². The van der Waals surface area contributed by atoms with Gasteiger partial charge in [-0.2, -0.15) is 0 Å². The van der Waals surface area contributed by atoms with Crippen LogP contribution in [0.25, 0.3) is 0 Å². The van der Waals surface area contributed by atoms with Crippen molar-refractivity contribution in [3.63, 3.8) is 0 Å². The highest BCUT2D eigenvalue weighted by atomic mass is 32.2. The topological polar surface area (TPSA) is 101 Å². The van der Waals surface area contributed by atoms with Crippen LogP contribution in [0, 0.1) is 22.0 Å². The van der Waals surface area contributed by atoms with Crippen molar-refractivity contribution >= 4 is 21.4 Å². The number of hydrogen-bond donors (Lipinski definition) is 2. The van der Waals surface area contributed by atoms with Crippen LogP contribution < -0.4 is 10.0 Å². The van der Waals surface area contributed by atoms with Gasteiger partial charge >= 0.3 is 0 Å². The number of nitrogens with zero attached hydrogens (tertiary/aromatic N) is 1. The Bertz CT molecular complexity index is 690. The van der Waals surface area contributed by atoms with Crippen molar-refractivity contribution in [1.82, 2.24) is 4.72 Å². The van der Waals surface area contributed by atoms with Crippen LogP contribution in [0.4, 0.5) is 11.4 Å². The van der Waals surface area contributed by atoms with E-state index in [-0.39, 0.29) is 16.6 Å². The van der Waals surface area contributed by atoms with Crippen LogP contribution in [0.2, 0.25) is 0 Å². The van der Waals surface area contributed by atoms with Gasteiger partial charge in [0.25, 0.3) is 5.69 Å². The lowest BCUT2D eigenvalue weighted by Gasteiger charge is -2.35. The largest absolute Gasteiger partial charge is 0.376 e. The summed E-state index contributed by atoms with van der Waals surface area (Å²) in [5, 5.41) is 14.6. The summed E-state index contributed by atoms with van der Waals surface area (Å²) in [5.74, 6) is 0.966. The number of sulfonamides is 1. The van der Waals surface area contributed by atoms with Gasteiger partial charge in [-0.25, -0.2) is 13.1 Å². The van der Waals surface area contributed by atoms with Crippen molar-refractivity contribution < 1.29 is 13.3 Å². The van der Waals surface area contributed by atoms with Crippen molar-refractivity contribution in [3.05, 3.63) is 28.3 Å². The lowest BCUT2D eigenvalue weighted by atomic mass is 9.78. The molecule has 0 radical (unpaired) electrons. The molecule has 3 unspecified atom stereocenters. The highest BCUT2D eigenvalue weighted by Crippen LogP contribution is 2.34. The smallest absolute Gasteiger partial charge is 0.293 e. The molecule has 0 amide bonds. The molecule has 7 nitrogen and oxygen atoms in total. The summed E-state index contributed by atoms with van der Waals surface area (Å²) in [5.41, 5.74) is 0.155. The van der Waals surface area contributed by atoms with E-state index in [2.05, 4.69) is 23.9 Å². The van der Waals surface area contributed by atoms with E-state index in [0.717, 1.165) is 18.9 Å². The average molecular weight is 341 g/mol. The highest BCUT2D eigenvalue weighted by molar-refractivity contribution is 7.89. The zero-order valence-electron chi connectivity index (χ0n) is 13.6. The first kappa shape index (κ1) is 17.7. The van der Waals surface area contributed by atoms with Gasteiger partial charge in [0.2, 0.25) is 10.0 Å². The molecule has 1 aromatic carbocycles. The molecule has 2 N–H and O–H groups in total. The van der Waals surface area contributed by atoms with E-state index in [1.807, 2.05) is 0 Å². The zero-order chi connectivity index (χ0) is 17.2. The van der Waals surface area contributed by atoms with E-state index in [0.29, 0.717) is 17.5 Å². The fraction of sp³-hybridized carbons (Fsp3) is 0.600. The van der Waals surface area contributed by atoms with Crippen LogP contribution in [0.3, 0.4) is 0 Å². The molecule has 0 saturated heterocycles. The Morgan fingerprint density at radius 2 is 1.96 bits per heavy atom. The number of nitro benzene ring substituents is 1. The van der Waals surface area contributed by atoms with Crippen molar-refractivity contribution in [3.8, 4) is 0 Å². The predicted molar refractivity (Wildman–Crippen MR) is 88.9 cm³/mol. The molecule has 0 bridgehead atoms. The zero-order valence-corrected chi connectivity index (χ0v) is 14.4. The van der Waals surface area contributed by atoms with Crippen LogP contribution in [0.5, 0.6) is 0 Å². The van der Waals surface area contributed by atoms with E-state index >= 15 is 0 Å². The van der Waals surface area contributed by atoms with E-state index in [4.69, 9.17) is 0 Å². The SMILES string of the molecule is CNS(=O)(=O)c1ccc(NC2CCCC(C)C2C)c([N+](=O)[O-])c1. The van der Waals surface area contributed by atoms with E-state index in [1.54, 1.807) is 0 Å². The Hall–Kier alpha value is -1.67. The Morgan fingerprint density at radius 3 is 2.57 bits per heavy atom. The molecule has 1 fully saturated rings. The summed E-state index contributed by atoms with van der Waals surface area (Å²) in [7, 11) is -2.43. The van der Waals surface area contributed by atoms with Crippen LogP contribution in [-0.2, 0) is 10.0 Å². The molecule has 0 aromatic heterocycles. The Balaban J connectivity index is 2.33. The van der Waals surface area contributed by atoms with E-state index in [1.165, 1.54) is 25.6 Å². The molecular formula is C15H23N3O4S. The minimum atomic E-state index is -3.71. The Kier molecular flexibility index (Phi) is 5.26. The molecule has 8 heteroatoms. The molecule has 0 aliphatic heterocycles. The second-order valence-corrected chi connectivity index (χ2v) is 8.05. The molecule has 2 rings (SSSR count). The molecule has 0 heterocycles. The van der Waals surface area contributed by atoms with Gasteiger partial charge in [0.15, 0.2) is 0 Å². The Labute approximate surface area is 136 Å². The molecule has 1 saturated carbocycles. The van der Waals surface area contributed by atoms with Gasteiger partial charge in [0.1, 0.15) is 5.69 Å². The van der Waals surface area contributed by atoms with Crippen molar-refractivity contribution in [2.75, 3.05) is 12.4 Å². The van der Waals surface area contributed by atoms with E-state index < -0.39 is 14.9 Å². The third kappa shape index (κ3) is 3.81. The molecule has 1 aromatic rings. The lowest BCUT2D eigenvalue weighted by Crippen LogP contribution is -2.35. The second-order valence-electron chi connectivity index (χ2n) is 6.16. The predicted octanol–water partition coefficient (Wildman–Crippen LogP) is 2.74. The third-order valence-corrected chi connectivity index (χ3v) is 6.20. The third-order valence-electron chi connectivity index (χ3n) is 4.79. The summed E-state index contributed by atoms with van der Waals surface area (Å²) in [4.78, 5) is 10.7. The van der Waals surface area contributed by atoms with Crippen LogP contribution in [0.1, 0.15) is 33.1 Å². The van der Waals surface area contributed by atoms with Crippen molar-refractivity contribution in [2.45, 2.75) is 44.0 Å². The fourth-order valence-corrected chi connectivity index (χ4v) is 3.80. The maximum atomic E-state index is 11.8. The van der Waals surface area contributed by atoms with Gasteiger partial charge < -0.3 is 5.32 Å². The summed E-state index contributed by atoms with van der Waals surface area (Å²) < 4.78 is 25.8. The van der Waals surface area contributed by atoms with Gasteiger partial charge in [-0.15, -0.1) is 0 Å². The van der Waals surface area contributed by atoms with Crippen molar-refractivity contribution in [2.24, 2.45) is 11.8 Å². The summed E-state index contributed by atoms with van der Waals surface area (Å²) >= 11 is 0. The minimum absolute atomic E-state index is 0.109. The highest BCUT2D eigenvalue weighted by Gasteiger charge is 2.29. The summed E-state index contributed by atoms with van der Waals surface area (Å²) in [6, 6.07) is 4.13. The Morgan fingerprint density at radius 1 is 1.26 bits per heavy atom. The standard InChI is InChI=1S/C15H23N3O4S/c1-10-5-4-6-13(11(10)2)17-14-8-7-12(23(21,22)16-3)9-15(14)18(19)20/h7-11,13,16-17H,4-6H2,1-3H3. The molecule has 23 heavy (non-hydrogen) atoms. The van der Waals surface area contributed by atoms with Gasteiger partial charge in [0, 0.05) is 12.1 Å².